The van der Waals surface area contributed by atoms with Crippen molar-refractivity contribution in [3.8, 4) is 33.9 Å². The van der Waals surface area contributed by atoms with Crippen LogP contribution in [0.15, 0.2) is 91.0 Å². The van der Waals surface area contributed by atoms with Crippen molar-refractivity contribution in [3.05, 3.63) is 125 Å². The summed E-state index contributed by atoms with van der Waals surface area (Å²) < 4.78 is 6.39. The summed E-state index contributed by atoms with van der Waals surface area (Å²) in [4.78, 5) is 4.71. The van der Waals surface area contributed by atoms with E-state index < -0.39 is 5.41 Å². The van der Waals surface area contributed by atoms with Gasteiger partial charge in [-0.05, 0) is 54.3 Å². The van der Waals surface area contributed by atoms with Crippen LogP contribution in [0.5, 0.6) is 11.5 Å². The van der Waals surface area contributed by atoms with E-state index in [0.717, 1.165) is 28.5 Å². The molecule has 4 aromatic carbocycles. The molecule has 0 radical (unpaired) electrons. The maximum atomic E-state index is 6.39. The zero-order chi connectivity index (χ0) is 22.9. The Hall–Kier alpha value is -4.31. The van der Waals surface area contributed by atoms with E-state index in [-0.39, 0.29) is 0 Å². The number of para-hydroxylation sites is 2. The van der Waals surface area contributed by atoms with E-state index in [9.17, 15) is 0 Å². The maximum absolute atomic E-state index is 6.39. The standard InChI is InChI=1S/C30H21N3O/c1-18-29(31-19(2)33-32-18)20-15-16-24-22(17-20)21-9-3-4-10-23(21)30(24)25-11-5-7-13-27(25)34-28-14-8-6-12-26(28)30/h3-17H,1-2H3. The fourth-order valence-electron chi connectivity index (χ4n) is 5.74. The molecule has 1 aromatic heterocycles. The summed E-state index contributed by atoms with van der Waals surface area (Å²) in [7, 11) is 0. The van der Waals surface area contributed by atoms with Gasteiger partial charge in [0.2, 0.25) is 0 Å². The van der Waals surface area contributed by atoms with E-state index >= 15 is 0 Å². The van der Waals surface area contributed by atoms with Crippen LogP contribution < -0.4 is 4.74 Å². The fraction of sp³-hybridized carbons (Fsp3) is 0.100. The van der Waals surface area contributed by atoms with Gasteiger partial charge in [0.25, 0.3) is 0 Å². The van der Waals surface area contributed by atoms with Crippen LogP contribution in [0.1, 0.15) is 33.8 Å². The number of fused-ring (bicyclic) bond motifs is 9. The average Bonchev–Trinajstić information content (AvgIpc) is 3.16. The molecule has 162 valence electrons. The predicted molar refractivity (Wildman–Crippen MR) is 132 cm³/mol. The Balaban J connectivity index is 1.60. The molecule has 0 atom stereocenters. The number of ether oxygens (including phenoxy) is 1. The molecule has 4 nitrogen and oxygen atoms in total. The lowest BCUT2D eigenvalue weighted by atomic mass is 9.66. The summed E-state index contributed by atoms with van der Waals surface area (Å²) in [6, 6.07) is 32.3. The van der Waals surface area contributed by atoms with E-state index in [4.69, 9.17) is 9.72 Å². The Morgan fingerprint density at radius 3 is 1.97 bits per heavy atom. The van der Waals surface area contributed by atoms with Crippen molar-refractivity contribution in [1.82, 2.24) is 15.2 Å². The van der Waals surface area contributed by atoms with Crippen molar-refractivity contribution in [1.29, 1.82) is 0 Å². The summed E-state index contributed by atoms with van der Waals surface area (Å²) >= 11 is 0. The Labute approximate surface area is 197 Å². The summed E-state index contributed by atoms with van der Waals surface area (Å²) in [5, 5.41) is 8.42. The SMILES string of the molecule is Cc1nnc(C)c(-c2ccc3c(c2)-c2ccccc2C32c3ccccc3Oc3ccccc32)n1. The van der Waals surface area contributed by atoms with E-state index in [1.807, 2.05) is 26.0 Å². The molecule has 0 saturated heterocycles. The first kappa shape index (κ1) is 19.2. The summed E-state index contributed by atoms with van der Waals surface area (Å²) in [6.07, 6.45) is 0. The van der Waals surface area contributed by atoms with Crippen molar-refractivity contribution in [2.45, 2.75) is 19.3 Å². The molecular weight excluding hydrogens is 418 g/mol. The minimum atomic E-state index is -0.440. The van der Waals surface area contributed by atoms with Crippen LogP contribution in [0.25, 0.3) is 22.4 Å². The third kappa shape index (κ3) is 2.40. The van der Waals surface area contributed by atoms with Gasteiger partial charge in [0, 0.05) is 16.7 Å². The molecule has 2 heterocycles. The van der Waals surface area contributed by atoms with Crippen LogP contribution in [0.3, 0.4) is 0 Å². The number of nitrogens with zero attached hydrogens (tertiary/aromatic N) is 3. The van der Waals surface area contributed by atoms with Crippen molar-refractivity contribution in [2.24, 2.45) is 0 Å². The summed E-state index contributed by atoms with van der Waals surface area (Å²) in [5.41, 5.74) is 9.65. The number of hydrogen-bond donors (Lipinski definition) is 0. The van der Waals surface area contributed by atoms with Crippen molar-refractivity contribution >= 4 is 0 Å². The molecular formula is C30H21N3O. The van der Waals surface area contributed by atoms with Gasteiger partial charge in [-0.3, -0.25) is 0 Å². The first-order valence-electron chi connectivity index (χ1n) is 11.5. The number of benzene rings is 4. The topological polar surface area (TPSA) is 47.9 Å². The lowest BCUT2D eigenvalue weighted by molar-refractivity contribution is 0.436. The molecule has 0 fully saturated rings. The summed E-state index contributed by atoms with van der Waals surface area (Å²) in [6.45, 7) is 3.84. The van der Waals surface area contributed by atoms with Gasteiger partial charge in [0.15, 0.2) is 0 Å². The van der Waals surface area contributed by atoms with Gasteiger partial charge in [0.05, 0.1) is 16.8 Å². The third-order valence-corrected chi connectivity index (χ3v) is 7.08. The van der Waals surface area contributed by atoms with Crippen LogP contribution in [0, 0.1) is 13.8 Å². The fourth-order valence-corrected chi connectivity index (χ4v) is 5.74. The monoisotopic (exact) mass is 439 g/mol. The molecule has 7 rings (SSSR count). The van der Waals surface area contributed by atoms with E-state index in [0.29, 0.717) is 5.82 Å². The van der Waals surface area contributed by atoms with Gasteiger partial charge < -0.3 is 4.74 Å². The molecule has 1 aliphatic heterocycles. The van der Waals surface area contributed by atoms with Crippen LogP contribution in [0.2, 0.25) is 0 Å². The molecule has 5 aromatic rings. The van der Waals surface area contributed by atoms with Gasteiger partial charge in [-0.15, -0.1) is 5.10 Å². The minimum Gasteiger partial charge on any atom is -0.457 e. The highest BCUT2D eigenvalue weighted by molar-refractivity contribution is 5.90. The first-order valence-corrected chi connectivity index (χ1v) is 11.5. The van der Waals surface area contributed by atoms with Gasteiger partial charge in [-0.2, -0.15) is 5.10 Å². The summed E-state index contributed by atoms with van der Waals surface area (Å²) in [5.74, 6) is 2.48. The van der Waals surface area contributed by atoms with Gasteiger partial charge >= 0.3 is 0 Å². The molecule has 1 aliphatic carbocycles. The predicted octanol–water partition coefficient (Wildman–Crippen LogP) is 6.62. The third-order valence-electron chi connectivity index (χ3n) is 7.08. The zero-order valence-corrected chi connectivity index (χ0v) is 18.9. The minimum absolute atomic E-state index is 0.440. The number of aromatic nitrogens is 3. The highest BCUT2D eigenvalue weighted by Gasteiger charge is 2.50. The molecule has 4 heteroatoms. The molecule has 0 amide bonds. The molecule has 2 aliphatic rings. The number of rotatable bonds is 1. The van der Waals surface area contributed by atoms with E-state index in [1.165, 1.54) is 33.4 Å². The highest BCUT2D eigenvalue weighted by Crippen LogP contribution is 2.62. The lowest BCUT2D eigenvalue weighted by Crippen LogP contribution is -2.32. The maximum Gasteiger partial charge on any atom is 0.148 e. The largest absolute Gasteiger partial charge is 0.457 e. The van der Waals surface area contributed by atoms with E-state index in [1.54, 1.807) is 0 Å². The van der Waals surface area contributed by atoms with Crippen LogP contribution in [-0.4, -0.2) is 15.2 Å². The molecule has 0 saturated carbocycles. The Bertz CT molecular complexity index is 1580. The van der Waals surface area contributed by atoms with Crippen molar-refractivity contribution in [3.63, 3.8) is 0 Å². The number of aryl methyl sites for hydroxylation is 2. The van der Waals surface area contributed by atoms with Gasteiger partial charge in [0.1, 0.15) is 17.3 Å². The second-order valence-electron chi connectivity index (χ2n) is 8.94. The van der Waals surface area contributed by atoms with Gasteiger partial charge in [-0.1, -0.05) is 72.8 Å². The quantitative estimate of drug-likeness (QED) is 0.288. The highest BCUT2D eigenvalue weighted by atomic mass is 16.5. The Morgan fingerprint density at radius 1 is 0.618 bits per heavy atom. The second kappa shape index (κ2) is 6.84. The Kier molecular flexibility index (Phi) is 3.86. The van der Waals surface area contributed by atoms with Crippen molar-refractivity contribution in [2.75, 3.05) is 0 Å². The Morgan fingerprint density at radius 2 is 1.24 bits per heavy atom. The van der Waals surface area contributed by atoms with Gasteiger partial charge in [-0.25, -0.2) is 4.98 Å². The van der Waals surface area contributed by atoms with Crippen LogP contribution >= 0.6 is 0 Å². The van der Waals surface area contributed by atoms with E-state index in [2.05, 4.69) is 89.1 Å². The average molecular weight is 440 g/mol. The first-order chi connectivity index (χ1) is 16.7. The normalized spacial score (nSPS) is 14.1. The molecule has 0 unspecified atom stereocenters. The zero-order valence-electron chi connectivity index (χ0n) is 18.9. The molecule has 0 N–H and O–H groups in total. The smallest absolute Gasteiger partial charge is 0.148 e. The second-order valence-corrected chi connectivity index (χ2v) is 8.94. The lowest BCUT2D eigenvalue weighted by Gasteiger charge is -2.39. The molecule has 34 heavy (non-hydrogen) atoms. The molecule has 0 bridgehead atoms. The van der Waals surface area contributed by atoms with Crippen LogP contribution in [0.4, 0.5) is 0 Å². The van der Waals surface area contributed by atoms with Crippen molar-refractivity contribution < 1.29 is 4.74 Å². The molecule has 1 spiro atoms. The number of hydrogen-bond acceptors (Lipinski definition) is 4. The van der Waals surface area contributed by atoms with Crippen LogP contribution in [-0.2, 0) is 5.41 Å².